The van der Waals surface area contributed by atoms with Crippen LogP contribution in [0, 0.1) is 0 Å². The van der Waals surface area contributed by atoms with E-state index in [-0.39, 0.29) is 6.04 Å². The maximum Gasteiger partial charge on any atom is 0.0890 e. The average molecular weight is 243 g/mol. The van der Waals surface area contributed by atoms with Crippen LogP contribution in [0.4, 0.5) is 0 Å². The summed E-state index contributed by atoms with van der Waals surface area (Å²) < 4.78 is 0. The van der Waals surface area contributed by atoms with Gasteiger partial charge >= 0.3 is 0 Å². The molecule has 1 unspecified atom stereocenters. The molecule has 3 nitrogen and oxygen atoms in total. The molecule has 0 aliphatic heterocycles. The molecule has 2 aromatic rings. The number of nitrogens with two attached hydrogens (primary N) is 1. The van der Waals surface area contributed by atoms with Gasteiger partial charge in [-0.05, 0) is 18.6 Å². The number of aromatic nitrogens is 2. The van der Waals surface area contributed by atoms with Gasteiger partial charge in [-0.25, -0.2) is 4.98 Å². The first kappa shape index (κ1) is 13.0. The van der Waals surface area contributed by atoms with Crippen LogP contribution in [0.15, 0.2) is 30.5 Å². The van der Waals surface area contributed by atoms with Crippen molar-refractivity contribution in [3.8, 4) is 0 Å². The van der Waals surface area contributed by atoms with Gasteiger partial charge in [0.05, 0.1) is 22.9 Å². The molecule has 2 rings (SSSR count). The Kier molecular flexibility index (Phi) is 4.65. The van der Waals surface area contributed by atoms with Crippen molar-refractivity contribution >= 4 is 11.0 Å². The zero-order valence-corrected chi connectivity index (χ0v) is 11.0. The Morgan fingerprint density at radius 3 is 2.67 bits per heavy atom. The predicted octanol–water partition coefficient (Wildman–Crippen LogP) is 3.60. The highest BCUT2D eigenvalue weighted by atomic mass is 14.8. The van der Waals surface area contributed by atoms with Gasteiger partial charge < -0.3 is 5.73 Å². The summed E-state index contributed by atoms with van der Waals surface area (Å²) >= 11 is 0. The highest BCUT2D eigenvalue weighted by Crippen LogP contribution is 2.17. The Morgan fingerprint density at radius 2 is 1.89 bits per heavy atom. The Hall–Kier alpha value is -1.48. The normalized spacial score (nSPS) is 12.8. The van der Waals surface area contributed by atoms with Gasteiger partial charge in [0.15, 0.2) is 0 Å². The fourth-order valence-corrected chi connectivity index (χ4v) is 2.09. The Morgan fingerprint density at radius 1 is 1.11 bits per heavy atom. The molecule has 96 valence electrons. The lowest BCUT2D eigenvalue weighted by atomic mass is 10.1. The number of nitrogens with zero attached hydrogens (tertiary/aromatic N) is 2. The molecule has 0 saturated carbocycles. The molecule has 0 radical (unpaired) electrons. The molecule has 1 aromatic heterocycles. The quantitative estimate of drug-likeness (QED) is 0.789. The first-order valence-corrected chi connectivity index (χ1v) is 6.78. The average Bonchev–Trinajstić information content (AvgIpc) is 2.43. The van der Waals surface area contributed by atoms with E-state index in [4.69, 9.17) is 5.73 Å². The maximum absolute atomic E-state index is 6.17. The molecular formula is C15H21N3. The van der Waals surface area contributed by atoms with Crippen molar-refractivity contribution in [3.05, 3.63) is 36.2 Å². The Bertz CT molecular complexity index is 496. The molecule has 0 fully saturated rings. The van der Waals surface area contributed by atoms with Gasteiger partial charge in [0.2, 0.25) is 0 Å². The van der Waals surface area contributed by atoms with Gasteiger partial charge in [0.25, 0.3) is 0 Å². The van der Waals surface area contributed by atoms with Crippen LogP contribution in [0.1, 0.15) is 50.8 Å². The number of hydrogen-bond acceptors (Lipinski definition) is 3. The zero-order chi connectivity index (χ0) is 12.8. The monoisotopic (exact) mass is 243 g/mol. The summed E-state index contributed by atoms with van der Waals surface area (Å²) in [6, 6.07) is 7.92. The van der Waals surface area contributed by atoms with Gasteiger partial charge in [-0.2, -0.15) is 0 Å². The predicted molar refractivity (Wildman–Crippen MR) is 75.2 cm³/mol. The summed E-state index contributed by atoms with van der Waals surface area (Å²) in [5.74, 6) is 0. The molecule has 0 amide bonds. The van der Waals surface area contributed by atoms with Crippen molar-refractivity contribution in [2.24, 2.45) is 5.73 Å². The minimum atomic E-state index is 0.0129. The summed E-state index contributed by atoms with van der Waals surface area (Å²) in [5, 5.41) is 0. The summed E-state index contributed by atoms with van der Waals surface area (Å²) in [6.07, 6.45) is 7.77. The number of hydrogen-bond donors (Lipinski definition) is 1. The second-order valence-corrected chi connectivity index (χ2v) is 4.74. The maximum atomic E-state index is 6.17. The van der Waals surface area contributed by atoms with Crippen molar-refractivity contribution in [3.63, 3.8) is 0 Å². The molecule has 3 heteroatoms. The SMILES string of the molecule is CCCCCCC(N)c1cnc2ccccc2n1. The largest absolute Gasteiger partial charge is 0.323 e. The van der Waals surface area contributed by atoms with Crippen LogP contribution < -0.4 is 5.73 Å². The van der Waals surface area contributed by atoms with Crippen LogP contribution in [-0.4, -0.2) is 9.97 Å². The molecule has 2 N–H and O–H groups in total. The van der Waals surface area contributed by atoms with Gasteiger partial charge in [-0.15, -0.1) is 0 Å². The van der Waals surface area contributed by atoms with E-state index in [9.17, 15) is 0 Å². The summed E-state index contributed by atoms with van der Waals surface area (Å²) in [4.78, 5) is 8.99. The van der Waals surface area contributed by atoms with Crippen molar-refractivity contribution in [2.45, 2.75) is 45.1 Å². The van der Waals surface area contributed by atoms with Gasteiger partial charge in [0, 0.05) is 6.04 Å². The summed E-state index contributed by atoms with van der Waals surface area (Å²) in [6.45, 7) is 2.22. The lowest BCUT2D eigenvalue weighted by molar-refractivity contribution is 0.557. The lowest BCUT2D eigenvalue weighted by Gasteiger charge is -2.11. The molecule has 1 aromatic carbocycles. The minimum absolute atomic E-state index is 0.0129. The van der Waals surface area contributed by atoms with E-state index in [1.165, 1.54) is 25.7 Å². The van der Waals surface area contributed by atoms with E-state index in [0.717, 1.165) is 23.1 Å². The summed E-state index contributed by atoms with van der Waals surface area (Å²) in [5.41, 5.74) is 8.93. The Balaban J connectivity index is 2.01. The van der Waals surface area contributed by atoms with E-state index >= 15 is 0 Å². The molecular weight excluding hydrogens is 222 g/mol. The summed E-state index contributed by atoms with van der Waals surface area (Å²) in [7, 11) is 0. The van der Waals surface area contributed by atoms with Crippen LogP contribution in [0.5, 0.6) is 0 Å². The lowest BCUT2D eigenvalue weighted by Crippen LogP contribution is -2.12. The van der Waals surface area contributed by atoms with Crippen molar-refractivity contribution < 1.29 is 0 Å². The van der Waals surface area contributed by atoms with Gasteiger partial charge in [-0.1, -0.05) is 44.7 Å². The van der Waals surface area contributed by atoms with Gasteiger partial charge in [-0.3, -0.25) is 4.98 Å². The fourth-order valence-electron chi connectivity index (χ4n) is 2.09. The number of para-hydroxylation sites is 2. The molecule has 0 spiro atoms. The van der Waals surface area contributed by atoms with Crippen molar-refractivity contribution in [2.75, 3.05) is 0 Å². The van der Waals surface area contributed by atoms with E-state index in [1.54, 1.807) is 0 Å². The zero-order valence-electron chi connectivity index (χ0n) is 11.0. The second kappa shape index (κ2) is 6.45. The third-order valence-corrected chi connectivity index (χ3v) is 3.22. The van der Waals surface area contributed by atoms with Crippen LogP contribution in [-0.2, 0) is 0 Å². The van der Waals surface area contributed by atoms with Gasteiger partial charge in [0.1, 0.15) is 0 Å². The van der Waals surface area contributed by atoms with E-state index in [1.807, 2.05) is 30.5 Å². The highest BCUT2D eigenvalue weighted by Gasteiger charge is 2.08. The molecule has 1 atom stereocenters. The number of rotatable bonds is 6. The number of fused-ring (bicyclic) bond motifs is 1. The van der Waals surface area contributed by atoms with Crippen molar-refractivity contribution in [1.82, 2.24) is 9.97 Å². The number of benzene rings is 1. The van der Waals surface area contributed by atoms with Crippen LogP contribution in [0.25, 0.3) is 11.0 Å². The topological polar surface area (TPSA) is 51.8 Å². The third kappa shape index (κ3) is 3.26. The molecule has 1 heterocycles. The van der Waals surface area contributed by atoms with E-state index in [2.05, 4.69) is 16.9 Å². The smallest absolute Gasteiger partial charge is 0.0890 e. The highest BCUT2D eigenvalue weighted by molar-refractivity contribution is 5.73. The first-order valence-electron chi connectivity index (χ1n) is 6.78. The van der Waals surface area contributed by atoms with E-state index < -0.39 is 0 Å². The van der Waals surface area contributed by atoms with E-state index in [0.29, 0.717) is 0 Å². The second-order valence-electron chi connectivity index (χ2n) is 4.74. The first-order chi connectivity index (χ1) is 8.81. The standard InChI is InChI=1S/C15H21N3/c1-2-3-4-5-8-12(16)15-11-17-13-9-6-7-10-14(13)18-15/h6-7,9-12H,2-5,8,16H2,1H3. The third-order valence-electron chi connectivity index (χ3n) is 3.22. The minimum Gasteiger partial charge on any atom is -0.323 e. The molecule has 0 aliphatic carbocycles. The van der Waals surface area contributed by atoms with Crippen LogP contribution in [0.3, 0.4) is 0 Å². The Labute approximate surface area is 108 Å². The molecule has 0 aliphatic rings. The van der Waals surface area contributed by atoms with Crippen molar-refractivity contribution in [1.29, 1.82) is 0 Å². The fraction of sp³-hybridized carbons (Fsp3) is 0.467. The molecule has 0 bridgehead atoms. The van der Waals surface area contributed by atoms with Crippen LogP contribution >= 0.6 is 0 Å². The molecule has 18 heavy (non-hydrogen) atoms. The van der Waals surface area contributed by atoms with Crippen LogP contribution in [0.2, 0.25) is 0 Å². The number of unbranched alkanes of at least 4 members (excludes halogenated alkanes) is 3. The molecule has 0 saturated heterocycles.